The number of anilines is 1. The smallest absolute Gasteiger partial charge is 0.326 e. The van der Waals surface area contributed by atoms with Crippen molar-refractivity contribution < 1.29 is 4.79 Å². The van der Waals surface area contributed by atoms with Gasteiger partial charge in [-0.25, -0.2) is 4.79 Å². The minimum Gasteiger partial charge on any atom is -0.356 e. The lowest BCUT2D eigenvalue weighted by atomic mass is 10.1. The van der Waals surface area contributed by atoms with Gasteiger partial charge in [0.05, 0.1) is 10.7 Å². The standard InChI is InChI=1S/C14H21ClN4O/c1-4-10-8-7-9-11(15)12(10)18-14(20)19-13(16-5-2)17-6-3/h7-9H,4-6H2,1-3H3,(H3,16,17,18,19,20). The summed E-state index contributed by atoms with van der Waals surface area (Å²) in [7, 11) is 0. The molecular formula is C14H21ClN4O. The van der Waals surface area contributed by atoms with E-state index < -0.39 is 0 Å². The molecule has 0 bridgehead atoms. The van der Waals surface area contributed by atoms with E-state index in [1.54, 1.807) is 6.07 Å². The monoisotopic (exact) mass is 296 g/mol. The number of nitrogens with one attached hydrogen (secondary N) is 3. The number of hydrogen-bond donors (Lipinski definition) is 3. The Morgan fingerprint density at radius 3 is 2.65 bits per heavy atom. The highest BCUT2D eigenvalue weighted by Gasteiger charge is 2.10. The third-order valence-electron chi connectivity index (χ3n) is 2.61. The number of para-hydroxylation sites is 1. The van der Waals surface area contributed by atoms with Crippen molar-refractivity contribution in [3.05, 3.63) is 28.8 Å². The molecule has 0 aromatic heterocycles. The quantitative estimate of drug-likeness (QED) is 0.591. The van der Waals surface area contributed by atoms with Crippen molar-refractivity contribution in [1.29, 1.82) is 0 Å². The number of carbonyl (C=O) groups excluding carboxylic acids is 1. The Labute approximate surface area is 124 Å². The fourth-order valence-electron chi connectivity index (χ4n) is 1.72. The van der Waals surface area contributed by atoms with Crippen molar-refractivity contribution in [2.45, 2.75) is 27.2 Å². The van der Waals surface area contributed by atoms with Crippen molar-refractivity contribution in [2.75, 3.05) is 18.4 Å². The highest BCUT2D eigenvalue weighted by molar-refractivity contribution is 6.34. The molecule has 0 aliphatic rings. The first kappa shape index (κ1) is 16.3. The molecule has 0 radical (unpaired) electrons. The average Bonchev–Trinajstić information content (AvgIpc) is 2.41. The number of urea groups is 1. The maximum Gasteiger partial charge on any atom is 0.326 e. The maximum atomic E-state index is 12.0. The molecule has 0 fully saturated rings. The summed E-state index contributed by atoms with van der Waals surface area (Å²) < 4.78 is 0. The summed E-state index contributed by atoms with van der Waals surface area (Å²) in [6.45, 7) is 7.13. The van der Waals surface area contributed by atoms with Gasteiger partial charge in [0.25, 0.3) is 0 Å². The average molecular weight is 297 g/mol. The van der Waals surface area contributed by atoms with Gasteiger partial charge < -0.3 is 10.6 Å². The Balaban J connectivity index is 2.78. The van der Waals surface area contributed by atoms with Gasteiger partial charge in [0.1, 0.15) is 0 Å². The molecule has 2 amide bonds. The van der Waals surface area contributed by atoms with Gasteiger partial charge in [-0.05, 0) is 31.9 Å². The van der Waals surface area contributed by atoms with Crippen LogP contribution in [0.4, 0.5) is 10.5 Å². The Bertz CT molecular complexity index is 488. The van der Waals surface area contributed by atoms with Gasteiger partial charge in [0, 0.05) is 13.1 Å². The number of aliphatic imine (C=N–C) groups is 1. The van der Waals surface area contributed by atoms with Gasteiger partial charge in [-0.2, -0.15) is 0 Å². The number of carbonyl (C=O) groups is 1. The number of rotatable bonds is 4. The van der Waals surface area contributed by atoms with Gasteiger partial charge >= 0.3 is 6.03 Å². The topological polar surface area (TPSA) is 65.5 Å². The normalized spacial score (nSPS) is 11.1. The van der Waals surface area contributed by atoms with E-state index in [9.17, 15) is 4.79 Å². The molecule has 5 nitrogen and oxygen atoms in total. The van der Waals surface area contributed by atoms with Crippen LogP contribution in [0.25, 0.3) is 0 Å². The molecule has 0 saturated carbocycles. The Kier molecular flexibility index (Phi) is 6.87. The lowest BCUT2D eigenvalue weighted by molar-refractivity contribution is 0.256. The number of nitrogens with zero attached hydrogens (tertiary/aromatic N) is 1. The molecule has 6 heteroatoms. The molecule has 1 aromatic carbocycles. The summed E-state index contributed by atoms with van der Waals surface area (Å²) in [6, 6.07) is 5.20. The lowest BCUT2D eigenvalue weighted by Crippen LogP contribution is -2.43. The van der Waals surface area contributed by atoms with E-state index >= 15 is 0 Å². The fraction of sp³-hybridized carbons (Fsp3) is 0.429. The second-order valence-electron chi connectivity index (χ2n) is 4.06. The van der Waals surface area contributed by atoms with Crippen LogP contribution in [0.5, 0.6) is 0 Å². The van der Waals surface area contributed by atoms with Crippen molar-refractivity contribution >= 4 is 29.3 Å². The predicted octanol–water partition coefficient (Wildman–Crippen LogP) is 3.01. The first-order valence-corrected chi connectivity index (χ1v) is 7.13. The molecule has 0 unspecified atom stereocenters. The summed E-state index contributed by atoms with van der Waals surface area (Å²) in [4.78, 5) is 16.2. The molecule has 0 aliphatic carbocycles. The van der Waals surface area contributed by atoms with Crippen LogP contribution in [0.15, 0.2) is 23.2 Å². The zero-order chi connectivity index (χ0) is 15.0. The zero-order valence-electron chi connectivity index (χ0n) is 12.1. The molecule has 0 spiro atoms. The van der Waals surface area contributed by atoms with Gasteiger partial charge in [-0.1, -0.05) is 30.7 Å². The first-order valence-electron chi connectivity index (χ1n) is 6.76. The number of guanidine groups is 1. The van der Waals surface area contributed by atoms with E-state index in [-0.39, 0.29) is 6.03 Å². The summed E-state index contributed by atoms with van der Waals surface area (Å²) in [5.41, 5.74) is 1.63. The van der Waals surface area contributed by atoms with Crippen molar-refractivity contribution in [3.63, 3.8) is 0 Å². The summed E-state index contributed by atoms with van der Waals surface area (Å²) in [5, 5.41) is 8.96. The van der Waals surface area contributed by atoms with Crippen LogP contribution in [0.3, 0.4) is 0 Å². The van der Waals surface area contributed by atoms with E-state index in [0.717, 1.165) is 12.0 Å². The maximum absolute atomic E-state index is 12.0. The molecule has 0 saturated heterocycles. The number of amides is 2. The summed E-state index contributed by atoms with van der Waals surface area (Å²) >= 11 is 6.12. The fourth-order valence-corrected chi connectivity index (χ4v) is 1.96. The largest absolute Gasteiger partial charge is 0.356 e. The molecule has 110 valence electrons. The second-order valence-corrected chi connectivity index (χ2v) is 4.47. The summed E-state index contributed by atoms with van der Waals surface area (Å²) in [5.74, 6) is 0.456. The van der Waals surface area contributed by atoms with Gasteiger partial charge in [0.2, 0.25) is 0 Å². The molecule has 0 aliphatic heterocycles. The number of benzene rings is 1. The van der Waals surface area contributed by atoms with Crippen molar-refractivity contribution in [3.8, 4) is 0 Å². The van der Waals surface area contributed by atoms with Gasteiger partial charge in [0.15, 0.2) is 5.96 Å². The Morgan fingerprint density at radius 1 is 1.30 bits per heavy atom. The SMILES string of the molecule is CCN=C(NCC)NC(=O)Nc1c(Cl)cccc1CC. The van der Waals surface area contributed by atoms with Crippen LogP contribution < -0.4 is 16.0 Å². The second kappa shape index (κ2) is 8.43. The lowest BCUT2D eigenvalue weighted by Gasteiger charge is -2.14. The minimum atomic E-state index is -0.360. The van der Waals surface area contributed by atoms with Crippen molar-refractivity contribution in [2.24, 2.45) is 4.99 Å². The van der Waals surface area contributed by atoms with Crippen LogP contribution in [-0.4, -0.2) is 25.1 Å². The Morgan fingerprint density at radius 2 is 2.05 bits per heavy atom. The van der Waals surface area contributed by atoms with E-state index in [1.807, 2.05) is 32.9 Å². The summed E-state index contributed by atoms with van der Waals surface area (Å²) in [6.07, 6.45) is 0.791. The molecule has 1 rings (SSSR count). The first-order chi connectivity index (χ1) is 9.62. The number of hydrogen-bond acceptors (Lipinski definition) is 2. The molecule has 3 N–H and O–H groups in total. The van der Waals surface area contributed by atoms with Crippen LogP contribution in [0.1, 0.15) is 26.3 Å². The molecule has 20 heavy (non-hydrogen) atoms. The Hall–Kier alpha value is -1.75. The van der Waals surface area contributed by atoms with Crippen LogP contribution >= 0.6 is 11.6 Å². The number of aryl methyl sites for hydroxylation is 1. The third-order valence-corrected chi connectivity index (χ3v) is 2.93. The van der Waals surface area contributed by atoms with E-state index in [0.29, 0.717) is 29.8 Å². The third kappa shape index (κ3) is 4.74. The highest BCUT2D eigenvalue weighted by Crippen LogP contribution is 2.26. The van der Waals surface area contributed by atoms with E-state index in [1.165, 1.54) is 0 Å². The van der Waals surface area contributed by atoms with Crippen LogP contribution in [0, 0.1) is 0 Å². The predicted molar refractivity (Wildman–Crippen MR) is 84.6 cm³/mol. The van der Waals surface area contributed by atoms with E-state index in [4.69, 9.17) is 11.6 Å². The molecular weight excluding hydrogens is 276 g/mol. The molecule has 0 atom stereocenters. The molecule has 0 heterocycles. The van der Waals surface area contributed by atoms with Crippen molar-refractivity contribution in [1.82, 2.24) is 10.6 Å². The van der Waals surface area contributed by atoms with Gasteiger partial charge in [-0.3, -0.25) is 10.3 Å². The van der Waals surface area contributed by atoms with Gasteiger partial charge in [-0.15, -0.1) is 0 Å². The highest BCUT2D eigenvalue weighted by atomic mass is 35.5. The van der Waals surface area contributed by atoms with Crippen LogP contribution in [0.2, 0.25) is 5.02 Å². The van der Waals surface area contributed by atoms with Crippen LogP contribution in [-0.2, 0) is 6.42 Å². The zero-order valence-corrected chi connectivity index (χ0v) is 12.8. The van der Waals surface area contributed by atoms with E-state index in [2.05, 4.69) is 20.9 Å². The number of halogens is 1. The minimum absolute atomic E-state index is 0.360. The molecule has 1 aromatic rings.